The van der Waals surface area contributed by atoms with Crippen molar-refractivity contribution < 1.29 is 4.74 Å². The van der Waals surface area contributed by atoms with Crippen molar-refractivity contribution in [3.63, 3.8) is 0 Å². The van der Waals surface area contributed by atoms with E-state index in [0.717, 1.165) is 25.3 Å². The van der Waals surface area contributed by atoms with Gasteiger partial charge in [-0.3, -0.25) is 5.43 Å². The van der Waals surface area contributed by atoms with Gasteiger partial charge in [0.25, 0.3) is 0 Å². The summed E-state index contributed by atoms with van der Waals surface area (Å²) in [5.41, 5.74) is 9.39. The van der Waals surface area contributed by atoms with E-state index in [-0.39, 0.29) is 6.04 Å². The number of hydrazine groups is 1. The van der Waals surface area contributed by atoms with Gasteiger partial charge in [-0.1, -0.05) is 55.5 Å². The van der Waals surface area contributed by atoms with E-state index in [1.807, 2.05) is 12.1 Å². The molecule has 0 aliphatic carbocycles. The van der Waals surface area contributed by atoms with Gasteiger partial charge in [-0.15, -0.1) is 0 Å². The maximum absolute atomic E-state index is 6.15. The van der Waals surface area contributed by atoms with Crippen LogP contribution in [0.3, 0.4) is 0 Å². The third kappa shape index (κ3) is 4.60. The molecule has 134 valence electrons. The standard InChI is InChI=1S/C21H29N3O/c1-3-22-15-19-16(2)23-24-21(19)18-11-7-8-12-20(18)25-14-13-17-9-5-4-6-10-17/h4-12,16,19,21-24H,3,13-15H2,1-2H3. The van der Waals surface area contributed by atoms with E-state index in [2.05, 4.69) is 72.5 Å². The van der Waals surface area contributed by atoms with Crippen LogP contribution in [0, 0.1) is 5.92 Å². The Morgan fingerprint density at radius 1 is 1.00 bits per heavy atom. The third-order valence-electron chi connectivity index (χ3n) is 4.91. The Balaban J connectivity index is 1.67. The number of hydrogen-bond donors (Lipinski definition) is 3. The summed E-state index contributed by atoms with van der Waals surface area (Å²) in [6, 6.07) is 19.5. The molecule has 3 N–H and O–H groups in total. The van der Waals surface area contributed by atoms with Crippen molar-refractivity contribution in [1.29, 1.82) is 0 Å². The number of benzene rings is 2. The van der Waals surface area contributed by atoms with E-state index in [0.29, 0.717) is 18.6 Å². The molecule has 0 radical (unpaired) electrons. The number of ether oxygens (including phenoxy) is 1. The van der Waals surface area contributed by atoms with Gasteiger partial charge < -0.3 is 10.1 Å². The van der Waals surface area contributed by atoms with Crippen LogP contribution in [0.2, 0.25) is 0 Å². The second kappa shape index (κ2) is 8.99. The Morgan fingerprint density at radius 3 is 2.56 bits per heavy atom. The highest BCUT2D eigenvalue weighted by atomic mass is 16.5. The van der Waals surface area contributed by atoms with Crippen LogP contribution in [-0.2, 0) is 6.42 Å². The van der Waals surface area contributed by atoms with Crippen LogP contribution in [0.4, 0.5) is 0 Å². The molecule has 3 unspecified atom stereocenters. The minimum Gasteiger partial charge on any atom is -0.493 e. The molecule has 0 saturated carbocycles. The van der Waals surface area contributed by atoms with E-state index in [1.165, 1.54) is 11.1 Å². The summed E-state index contributed by atoms with van der Waals surface area (Å²) < 4.78 is 6.15. The molecule has 2 aromatic rings. The highest BCUT2D eigenvalue weighted by Crippen LogP contribution is 2.34. The summed E-state index contributed by atoms with van der Waals surface area (Å²) in [5.74, 6) is 1.46. The van der Waals surface area contributed by atoms with Gasteiger partial charge in [0.1, 0.15) is 5.75 Å². The molecule has 3 atom stereocenters. The summed E-state index contributed by atoms with van der Waals surface area (Å²) in [6.07, 6.45) is 0.919. The highest BCUT2D eigenvalue weighted by molar-refractivity contribution is 5.37. The Bertz CT molecular complexity index is 647. The second-order valence-electron chi connectivity index (χ2n) is 6.65. The van der Waals surface area contributed by atoms with Crippen LogP contribution >= 0.6 is 0 Å². The molecule has 1 fully saturated rings. The predicted molar refractivity (Wildman–Crippen MR) is 103 cm³/mol. The molecule has 1 aliphatic heterocycles. The Hall–Kier alpha value is -1.88. The Morgan fingerprint density at radius 2 is 1.76 bits per heavy atom. The second-order valence-corrected chi connectivity index (χ2v) is 6.65. The maximum atomic E-state index is 6.15. The number of para-hydroxylation sites is 1. The molecular weight excluding hydrogens is 310 g/mol. The summed E-state index contributed by atoms with van der Waals surface area (Å²) in [6.45, 7) is 7.05. The lowest BCUT2D eigenvalue weighted by Crippen LogP contribution is -2.32. The fourth-order valence-corrected chi connectivity index (χ4v) is 3.43. The number of rotatable bonds is 8. The van der Waals surface area contributed by atoms with E-state index >= 15 is 0 Å². The summed E-state index contributed by atoms with van der Waals surface area (Å²) in [7, 11) is 0. The largest absolute Gasteiger partial charge is 0.493 e. The molecule has 0 bridgehead atoms. The van der Waals surface area contributed by atoms with Crippen LogP contribution in [0.5, 0.6) is 5.75 Å². The lowest BCUT2D eigenvalue weighted by Gasteiger charge is -2.23. The van der Waals surface area contributed by atoms with E-state index in [9.17, 15) is 0 Å². The number of hydrogen-bond acceptors (Lipinski definition) is 4. The molecule has 3 rings (SSSR count). The molecule has 1 saturated heterocycles. The molecule has 1 aliphatic rings. The lowest BCUT2D eigenvalue weighted by atomic mass is 9.89. The zero-order chi connectivity index (χ0) is 17.5. The van der Waals surface area contributed by atoms with Gasteiger partial charge in [-0.2, -0.15) is 0 Å². The Labute approximate surface area is 151 Å². The van der Waals surface area contributed by atoms with Gasteiger partial charge in [0.15, 0.2) is 0 Å². The van der Waals surface area contributed by atoms with Gasteiger partial charge in [0, 0.05) is 30.5 Å². The van der Waals surface area contributed by atoms with Gasteiger partial charge in [-0.25, -0.2) is 5.43 Å². The first-order valence-electron chi connectivity index (χ1n) is 9.27. The van der Waals surface area contributed by atoms with Crippen LogP contribution in [0.25, 0.3) is 0 Å². The molecule has 0 spiro atoms. The monoisotopic (exact) mass is 339 g/mol. The average Bonchev–Trinajstić information content (AvgIpc) is 3.02. The van der Waals surface area contributed by atoms with Crippen molar-refractivity contribution in [3.8, 4) is 5.75 Å². The fourth-order valence-electron chi connectivity index (χ4n) is 3.43. The summed E-state index contributed by atoms with van der Waals surface area (Å²) >= 11 is 0. The summed E-state index contributed by atoms with van der Waals surface area (Å²) in [5, 5.41) is 3.48. The Kier molecular flexibility index (Phi) is 6.45. The van der Waals surface area contributed by atoms with Crippen molar-refractivity contribution in [1.82, 2.24) is 16.2 Å². The number of nitrogens with one attached hydrogen (secondary N) is 3. The molecule has 0 amide bonds. The quantitative estimate of drug-likeness (QED) is 0.692. The van der Waals surface area contributed by atoms with Gasteiger partial charge in [-0.05, 0) is 25.1 Å². The van der Waals surface area contributed by atoms with Crippen LogP contribution in [0.15, 0.2) is 54.6 Å². The van der Waals surface area contributed by atoms with Crippen molar-refractivity contribution in [3.05, 3.63) is 65.7 Å². The SMILES string of the molecule is CCNCC1C(C)NNC1c1ccccc1OCCc1ccccc1. The topological polar surface area (TPSA) is 45.3 Å². The summed E-state index contributed by atoms with van der Waals surface area (Å²) in [4.78, 5) is 0. The lowest BCUT2D eigenvalue weighted by molar-refractivity contribution is 0.309. The first kappa shape index (κ1) is 17.9. The zero-order valence-corrected chi connectivity index (χ0v) is 15.2. The van der Waals surface area contributed by atoms with Crippen molar-refractivity contribution >= 4 is 0 Å². The minimum atomic E-state index is 0.252. The average molecular weight is 339 g/mol. The fraction of sp³-hybridized carbons (Fsp3) is 0.429. The predicted octanol–water partition coefficient (Wildman–Crippen LogP) is 3.07. The normalized spacial score (nSPS) is 22.9. The molecule has 0 aromatic heterocycles. The van der Waals surface area contributed by atoms with E-state index in [1.54, 1.807) is 0 Å². The minimum absolute atomic E-state index is 0.252. The molecule has 4 nitrogen and oxygen atoms in total. The van der Waals surface area contributed by atoms with Crippen molar-refractivity contribution in [2.24, 2.45) is 5.92 Å². The van der Waals surface area contributed by atoms with E-state index < -0.39 is 0 Å². The maximum Gasteiger partial charge on any atom is 0.124 e. The highest BCUT2D eigenvalue weighted by Gasteiger charge is 2.35. The first-order valence-corrected chi connectivity index (χ1v) is 9.27. The first-order chi connectivity index (χ1) is 12.3. The molecule has 25 heavy (non-hydrogen) atoms. The molecule has 2 aromatic carbocycles. The van der Waals surface area contributed by atoms with Gasteiger partial charge >= 0.3 is 0 Å². The molecular formula is C21H29N3O. The van der Waals surface area contributed by atoms with Gasteiger partial charge in [0.2, 0.25) is 0 Å². The van der Waals surface area contributed by atoms with Crippen LogP contribution < -0.4 is 20.9 Å². The van der Waals surface area contributed by atoms with Crippen molar-refractivity contribution in [2.45, 2.75) is 32.4 Å². The van der Waals surface area contributed by atoms with Gasteiger partial charge in [0.05, 0.1) is 12.6 Å². The van der Waals surface area contributed by atoms with Crippen LogP contribution in [0.1, 0.15) is 31.0 Å². The molecule has 1 heterocycles. The van der Waals surface area contributed by atoms with Crippen molar-refractivity contribution in [2.75, 3.05) is 19.7 Å². The zero-order valence-electron chi connectivity index (χ0n) is 15.2. The third-order valence-corrected chi connectivity index (χ3v) is 4.91. The van der Waals surface area contributed by atoms with Crippen LogP contribution in [-0.4, -0.2) is 25.7 Å². The smallest absolute Gasteiger partial charge is 0.124 e. The van der Waals surface area contributed by atoms with E-state index in [4.69, 9.17) is 4.74 Å². The molecule has 4 heteroatoms.